The lowest BCUT2D eigenvalue weighted by Gasteiger charge is -2.09. The van der Waals surface area contributed by atoms with Crippen molar-refractivity contribution in [2.75, 3.05) is 13.2 Å². The quantitative estimate of drug-likeness (QED) is 0.501. The number of fused-ring (bicyclic) bond motifs is 1. The maximum Gasteiger partial charge on any atom is 0.239 e. The lowest BCUT2D eigenvalue weighted by atomic mass is 10.2. The van der Waals surface area contributed by atoms with E-state index in [0.29, 0.717) is 35.5 Å². The van der Waals surface area contributed by atoms with E-state index in [1.165, 1.54) is 18.3 Å². The Morgan fingerprint density at radius 2 is 1.83 bits per heavy atom. The number of benzene rings is 2. The van der Waals surface area contributed by atoms with Crippen LogP contribution in [0.2, 0.25) is 5.02 Å². The van der Waals surface area contributed by atoms with E-state index >= 15 is 0 Å². The predicted octanol–water partition coefficient (Wildman–Crippen LogP) is 4.06. The van der Waals surface area contributed by atoms with Crippen LogP contribution in [0.1, 0.15) is 20.3 Å². The van der Waals surface area contributed by atoms with E-state index < -0.39 is 9.84 Å². The third kappa shape index (κ3) is 5.22. The number of aromatic nitrogens is 1. The van der Waals surface area contributed by atoms with Gasteiger partial charge in [-0.15, -0.1) is 0 Å². The molecular weight excluding hydrogens is 424 g/mol. The highest BCUT2D eigenvalue weighted by atomic mass is 35.5. The summed E-state index contributed by atoms with van der Waals surface area (Å²) in [5.41, 5.74) is 0.684. The summed E-state index contributed by atoms with van der Waals surface area (Å²) >= 11 is 5.89. The van der Waals surface area contributed by atoms with Crippen LogP contribution in [0.5, 0.6) is 0 Å². The Morgan fingerprint density at radius 1 is 1.13 bits per heavy atom. The van der Waals surface area contributed by atoms with Crippen LogP contribution in [-0.2, 0) is 25.9 Å². The van der Waals surface area contributed by atoms with Crippen molar-refractivity contribution in [3.8, 4) is 0 Å². The van der Waals surface area contributed by atoms with Crippen LogP contribution in [0.15, 0.2) is 64.5 Å². The van der Waals surface area contributed by atoms with Crippen molar-refractivity contribution in [2.24, 2.45) is 0 Å². The van der Waals surface area contributed by atoms with Crippen LogP contribution >= 0.6 is 11.6 Å². The summed E-state index contributed by atoms with van der Waals surface area (Å²) in [4.78, 5) is 12.7. The highest BCUT2D eigenvalue weighted by Gasteiger charge is 2.23. The van der Waals surface area contributed by atoms with E-state index in [4.69, 9.17) is 16.3 Å². The van der Waals surface area contributed by atoms with Gasteiger partial charge >= 0.3 is 0 Å². The van der Waals surface area contributed by atoms with Gasteiger partial charge < -0.3 is 14.6 Å². The summed E-state index contributed by atoms with van der Waals surface area (Å²) in [6.07, 6.45) is 2.40. The van der Waals surface area contributed by atoms with Gasteiger partial charge in [-0.1, -0.05) is 29.8 Å². The second kappa shape index (κ2) is 9.64. The molecule has 0 radical (unpaired) electrons. The van der Waals surface area contributed by atoms with E-state index in [0.717, 1.165) is 0 Å². The van der Waals surface area contributed by atoms with Crippen molar-refractivity contribution >= 4 is 38.2 Å². The molecule has 0 aliphatic heterocycles. The number of halogens is 1. The molecule has 8 heteroatoms. The summed E-state index contributed by atoms with van der Waals surface area (Å²) in [5.74, 6) is -0.184. The number of carbonyl (C=O) groups is 1. The Kier molecular flexibility index (Phi) is 7.18. The van der Waals surface area contributed by atoms with E-state index in [2.05, 4.69) is 5.32 Å². The fourth-order valence-electron chi connectivity index (χ4n) is 3.13. The maximum absolute atomic E-state index is 13.2. The van der Waals surface area contributed by atoms with Gasteiger partial charge in [-0.3, -0.25) is 4.79 Å². The molecule has 0 fully saturated rings. The zero-order valence-electron chi connectivity index (χ0n) is 17.0. The molecule has 0 aliphatic rings. The largest absolute Gasteiger partial charge is 0.379 e. The smallest absolute Gasteiger partial charge is 0.239 e. The Labute approximate surface area is 181 Å². The molecule has 1 aromatic heterocycles. The van der Waals surface area contributed by atoms with Crippen molar-refractivity contribution in [1.29, 1.82) is 0 Å². The van der Waals surface area contributed by atoms with Crippen LogP contribution in [-0.4, -0.2) is 38.1 Å². The molecule has 6 nitrogen and oxygen atoms in total. The minimum atomic E-state index is -3.76. The number of para-hydroxylation sites is 1. The molecule has 3 rings (SSSR count). The highest BCUT2D eigenvalue weighted by Crippen LogP contribution is 2.30. The number of ether oxygens (including phenoxy) is 1. The van der Waals surface area contributed by atoms with Gasteiger partial charge in [0.2, 0.25) is 15.7 Å². The molecule has 0 aliphatic carbocycles. The molecule has 0 saturated heterocycles. The molecular formula is C22H25ClN2O4S. The SMILES string of the molecule is CC(C)OCCCNC(=O)Cn1cc(S(=O)(=O)c2ccc(Cl)cc2)c2ccccc21. The lowest BCUT2D eigenvalue weighted by Crippen LogP contribution is -2.29. The molecule has 1 N–H and O–H groups in total. The van der Waals surface area contributed by atoms with Crippen LogP contribution in [0.3, 0.4) is 0 Å². The fourth-order valence-corrected chi connectivity index (χ4v) is 4.73. The van der Waals surface area contributed by atoms with E-state index in [-0.39, 0.29) is 28.3 Å². The molecule has 0 unspecified atom stereocenters. The topological polar surface area (TPSA) is 77.4 Å². The Morgan fingerprint density at radius 3 is 2.53 bits per heavy atom. The number of sulfone groups is 1. The van der Waals surface area contributed by atoms with Crippen molar-refractivity contribution in [3.05, 3.63) is 59.8 Å². The number of nitrogens with zero attached hydrogens (tertiary/aromatic N) is 1. The van der Waals surface area contributed by atoms with Gasteiger partial charge in [0.1, 0.15) is 6.54 Å². The molecule has 2 aromatic carbocycles. The standard InChI is InChI=1S/C22H25ClN2O4S/c1-16(2)29-13-5-12-24-22(26)15-25-14-21(19-6-3-4-7-20(19)25)30(27,28)18-10-8-17(23)9-11-18/h3-4,6-11,14,16H,5,12-13,15H2,1-2H3,(H,24,26). The molecule has 0 bridgehead atoms. The van der Waals surface area contributed by atoms with E-state index in [9.17, 15) is 13.2 Å². The fraction of sp³-hybridized carbons (Fsp3) is 0.318. The van der Waals surface area contributed by atoms with Crippen LogP contribution in [0.4, 0.5) is 0 Å². The van der Waals surface area contributed by atoms with Gasteiger partial charge in [-0.25, -0.2) is 8.42 Å². The first-order valence-corrected chi connectivity index (χ1v) is 11.6. The second-order valence-electron chi connectivity index (χ2n) is 7.22. The van der Waals surface area contributed by atoms with E-state index in [1.807, 2.05) is 19.9 Å². The third-order valence-corrected chi connectivity index (χ3v) is 6.62. The number of carbonyl (C=O) groups excluding carboxylic acids is 1. The molecule has 0 spiro atoms. The first-order valence-electron chi connectivity index (χ1n) is 9.76. The van der Waals surface area contributed by atoms with Crippen molar-refractivity contribution < 1.29 is 17.9 Å². The number of hydrogen-bond acceptors (Lipinski definition) is 4. The maximum atomic E-state index is 13.2. The number of hydrogen-bond donors (Lipinski definition) is 1. The molecule has 1 heterocycles. The third-order valence-electron chi connectivity index (χ3n) is 4.57. The molecule has 0 atom stereocenters. The summed E-state index contributed by atoms with van der Waals surface area (Å²) in [6, 6.07) is 13.2. The zero-order chi connectivity index (χ0) is 21.7. The minimum absolute atomic E-state index is 0.0295. The van der Waals surface area contributed by atoms with Gasteiger partial charge in [0.25, 0.3) is 0 Å². The average molecular weight is 449 g/mol. The van der Waals surface area contributed by atoms with Crippen molar-refractivity contribution in [1.82, 2.24) is 9.88 Å². The Bertz CT molecular complexity index is 1120. The van der Waals surface area contributed by atoms with Gasteiger partial charge in [0.15, 0.2) is 0 Å². The van der Waals surface area contributed by atoms with Crippen LogP contribution in [0, 0.1) is 0 Å². The van der Waals surface area contributed by atoms with Crippen LogP contribution < -0.4 is 5.32 Å². The number of rotatable bonds is 9. The van der Waals surface area contributed by atoms with Gasteiger partial charge in [0.05, 0.1) is 15.9 Å². The van der Waals surface area contributed by atoms with E-state index in [1.54, 1.807) is 34.9 Å². The van der Waals surface area contributed by atoms with Crippen molar-refractivity contribution in [3.63, 3.8) is 0 Å². The Balaban J connectivity index is 1.81. The predicted molar refractivity (Wildman–Crippen MR) is 118 cm³/mol. The summed E-state index contributed by atoms with van der Waals surface area (Å²) in [7, 11) is -3.76. The Hall–Kier alpha value is -2.35. The van der Waals surface area contributed by atoms with Gasteiger partial charge in [-0.05, 0) is 50.6 Å². The molecule has 30 heavy (non-hydrogen) atoms. The summed E-state index contributed by atoms with van der Waals surface area (Å²) < 4.78 is 33.5. The van der Waals surface area contributed by atoms with Gasteiger partial charge in [0, 0.05) is 35.3 Å². The summed E-state index contributed by atoms with van der Waals surface area (Å²) in [5, 5.41) is 3.89. The highest BCUT2D eigenvalue weighted by molar-refractivity contribution is 7.91. The minimum Gasteiger partial charge on any atom is -0.379 e. The van der Waals surface area contributed by atoms with Gasteiger partial charge in [-0.2, -0.15) is 0 Å². The average Bonchev–Trinajstić information content (AvgIpc) is 3.07. The molecule has 1 amide bonds. The van der Waals surface area contributed by atoms with Crippen molar-refractivity contribution in [2.45, 2.75) is 42.7 Å². The molecule has 3 aromatic rings. The second-order valence-corrected chi connectivity index (χ2v) is 9.57. The first kappa shape index (κ1) is 22.3. The molecule has 0 saturated carbocycles. The van der Waals surface area contributed by atoms with Crippen LogP contribution in [0.25, 0.3) is 10.9 Å². The first-order chi connectivity index (χ1) is 14.3. The molecule has 160 valence electrons. The number of nitrogens with one attached hydrogen (secondary N) is 1. The zero-order valence-corrected chi connectivity index (χ0v) is 18.5. The lowest BCUT2D eigenvalue weighted by molar-refractivity contribution is -0.121. The number of amides is 1. The monoisotopic (exact) mass is 448 g/mol. The summed E-state index contributed by atoms with van der Waals surface area (Å²) in [6.45, 7) is 5.03. The normalized spacial score (nSPS) is 11.9.